The Morgan fingerprint density at radius 1 is 1.00 bits per heavy atom. The molecule has 1 aliphatic heterocycles. The van der Waals surface area contributed by atoms with Crippen LogP contribution in [0.1, 0.15) is 17.5 Å². The van der Waals surface area contributed by atoms with Gasteiger partial charge in [-0.2, -0.15) is 17.5 Å². The number of hydrogen-bond donors (Lipinski definition) is 0. The summed E-state index contributed by atoms with van der Waals surface area (Å²) in [6.45, 7) is 2.52. The van der Waals surface area contributed by atoms with Crippen LogP contribution >= 0.6 is 0 Å². The first-order valence-corrected chi connectivity index (χ1v) is 10.6. The number of sulfonamides is 1. The van der Waals surface area contributed by atoms with E-state index in [1.807, 2.05) is 6.92 Å². The van der Waals surface area contributed by atoms with E-state index in [2.05, 4.69) is 0 Å². The van der Waals surface area contributed by atoms with Gasteiger partial charge in [0.1, 0.15) is 5.69 Å². The zero-order chi connectivity index (χ0) is 22.1. The number of benzene rings is 2. The molecule has 7 nitrogen and oxygen atoms in total. The van der Waals surface area contributed by atoms with Crippen LogP contribution in [0.3, 0.4) is 0 Å². The molecular weight excluding hydrogens is 423 g/mol. The highest BCUT2D eigenvalue weighted by molar-refractivity contribution is 7.89. The van der Waals surface area contributed by atoms with Gasteiger partial charge in [0, 0.05) is 32.2 Å². The van der Waals surface area contributed by atoms with E-state index in [4.69, 9.17) is 0 Å². The molecule has 1 saturated heterocycles. The molecule has 0 radical (unpaired) electrons. The summed E-state index contributed by atoms with van der Waals surface area (Å²) in [7, 11) is -3.74. The zero-order valence-corrected chi connectivity index (χ0v) is 16.9. The van der Waals surface area contributed by atoms with Gasteiger partial charge in [0.25, 0.3) is 5.69 Å². The number of hydrogen-bond acceptors (Lipinski definition) is 5. The maximum atomic E-state index is 12.9. The minimum absolute atomic E-state index is 0.0441. The van der Waals surface area contributed by atoms with Crippen LogP contribution in [0.25, 0.3) is 0 Å². The molecule has 0 bridgehead atoms. The predicted octanol–water partition coefficient (Wildman–Crippen LogP) is 3.82. The molecule has 0 N–H and O–H groups in total. The summed E-state index contributed by atoms with van der Waals surface area (Å²) < 4.78 is 65.9. The first kappa shape index (κ1) is 22.0. The maximum Gasteiger partial charge on any atom is 0.416 e. The smallest absolute Gasteiger partial charge is 0.365 e. The molecule has 0 unspecified atom stereocenters. The number of anilines is 1. The van der Waals surface area contributed by atoms with Crippen LogP contribution in [0.2, 0.25) is 0 Å². The molecule has 0 aromatic heterocycles. The molecule has 3 rings (SSSR count). The van der Waals surface area contributed by atoms with E-state index in [9.17, 15) is 31.7 Å². The second-order valence-corrected chi connectivity index (χ2v) is 8.95. The lowest BCUT2D eigenvalue weighted by atomic mass is 10.1. The van der Waals surface area contributed by atoms with E-state index in [-0.39, 0.29) is 36.8 Å². The van der Waals surface area contributed by atoms with Crippen LogP contribution in [0.4, 0.5) is 24.5 Å². The lowest BCUT2D eigenvalue weighted by Crippen LogP contribution is -2.35. The van der Waals surface area contributed by atoms with Gasteiger partial charge in [0.05, 0.1) is 15.4 Å². The van der Waals surface area contributed by atoms with Crippen LogP contribution in [0.15, 0.2) is 47.4 Å². The van der Waals surface area contributed by atoms with Crippen molar-refractivity contribution in [2.45, 2.75) is 24.4 Å². The molecule has 0 atom stereocenters. The van der Waals surface area contributed by atoms with E-state index in [1.165, 1.54) is 16.4 Å². The lowest BCUT2D eigenvalue weighted by molar-refractivity contribution is -0.384. The van der Waals surface area contributed by atoms with Crippen molar-refractivity contribution in [1.29, 1.82) is 0 Å². The lowest BCUT2D eigenvalue weighted by Gasteiger charge is -2.24. The van der Waals surface area contributed by atoms with Gasteiger partial charge in [-0.25, -0.2) is 8.42 Å². The molecule has 1 aliphatic rings. The summed E-state index contributed by atoms with van der Waals surface area (Å²) in [5.74, 6) is 0. The topological polar surface area (TPSA) is 83.8 Å². The molecule has 0 spiro atoms. The van der Waals surface area contributed by atoms with Crippen molar-refractivity contribution in [3.05, 3.63) is 63.7 Å². The first-order valence-electron chi connectivity index (χ1n) is 9.17. The maximum absolute atomic E-state index is 12.9. The predicted molar refractivity (Wildman–Crippen MR) is 105 cm³/mol. The van der Waals surface area contributed by atoms with Gasteiger partial charge >= 0.3 is 6.18 Å². The minimum Gasteiger partial charge on any atom is -0.365 e. The number of nitro benzene ring substituents is 1. The average Bonchev–Trinajstić information content (AvgIpc) is 2.94. The monoisotopic (exact) mass is 443 g/mol. The molecule has 0 aliphatic carbocycles. The summed E-state index contributed by atoms with van der Waals surface area (Å²) in [6.07, 6.45) is -4.32. The van der Waals surface area contributed by atoms with E-state index < -0.39 is 32.4 Å². The van der Waals surface area contributed by atoms with E-state index >= 15 is 0 Å². The fourth-order valence-electron chi connectivity index (χ4n) is 3.35. The van der Waals surface area contributed by atoms with Crippen molar-refractivity contribution in [2.24, 2.45) is 0 Å². The van der Waals surface area contributed by atoms with Crippen LogP contribution in [0.5, 0.6) is 0 Å². The largest absolute Gasteiger partial charge is 0.416 e. The van der Waals surface area contributed by atoms with Crippen molar-refractivity contribution in [3.63, 3.8) is 0 Å². The quantitative estimate of drug-likeness (QED) is 0.530. The van der Waals surface area contributed by atoms with E-state index in [1.54, 1.807) is 17.0 Å². The number of halogens is 3. The van der Waals surface area contributed by atoms with Gasteiger partial charge < -0.3 is 4.90 Å². The molecule has 2 aromatic rings. The normalized spacial score (nSPS) is 16.3. The zero-order valence-electron chi connectivity index (χ0n) is 16.1. The Labute approximate surface area is 171 Å². The molecule has 0 saturated carbocycles. The van der Waals surface area contributed by atoms with Gasteiger partial charge in [-0.3, -0.25) is 10.1 Å². The van der Waals surface area contributed by atoms with E-state index in [0.29, 0.717) is 12.5 Å². The Hall–Kier alpha value is -2.66. The van der Waals surface area contributed by atoms with Gasteiger partial charge in [-0.05, 0) is 37.6 Å². The summed E-state index contributed by atoms with van der Waals surface area (Å²) in [5.41, 5.74) is -0.788. The van der Waals surface area contributed by atoms with Gasteiger partial charge in [0.15, 0.2) is 0 Å². The second-order valence-electron chi connectivity index (χ2n) is 7.02. The molecular formula is C19H20F3N3O4S. The summed E-state index contributed by atoms with van der Waals surface area (Å²) in [6, 6.07) is 8.83. The van der Waals surface area contributed by atoms with Crippen LogP contribution in [-0.2, 0) is 16.2 Å². The first-order chi connectivity index (χ1) is 14.0. The molecule has 11 heteroatoms. The standard InChI is InChI=1S/C19H20F3N3O4S/c1-14-3-6-16(7-4-14)30(28,29)24-10-2-9-23(11-12-24)17-8-5-15(19(20,21)22)13-18(17)25(26)27/h3-8,13H,2,9-12H2,1H3. The van der Waals surface area contributed by atoms with Crippen LogP contribution in [-0.4, -0.2) is 43.8 Å². The highest BCUT2D eigenvalue weighted by Crippen LogP contribution is 2.37. The second kappa shape index (κ2) is 8.23. The summed E-state index contributed by atoms with van der Waals surface area (Å²) in [4.78, 5) is 12.2. The molecule has 1 heterocycles. The Kier molecular flexibility index (Phi) is 6.04. The average molecular weight is 443 g/mol. The van der Waals surface area contributed by atoms with Crippen molar-refractivity contribution in [1.82, 2.24) is 4.31 Å². The van der Waals surface area contributed by atoms with Gasteiger partial charge in [-0.1, -0.05) is 17.7 Å². The molecule has 0 amide bonds. The molecule has 162 valence electrons. The summed E-state index contributed by atoms with van der Waals surface area (Å²) >= 11 is 0. The van der Waals surface area contributed by atoms with E-state index in [0.717, 1.165) is 17.7 Å². The molecule has 30 heavy (non-hydrogen) atoms. The Morgan fingerprint density at radius 3 is 2.27 bits per heavy atom. The number of aryl methyl sites for hydroxylation is 1. The fourth-order valence-corrected chi connectivity index (χ4v) is 4.82. The van der Waals surface area contributed by atoms with Crippen molar-refractivity contribution in [2.75, 3.05) is 31.1 Å². The minimum atomic E-state index is -4.69. The van der Waals surface area contributed by atoms with Crippen molar-refractivity contribution in [3.8, 4) is 0 Å². The van der Waals surface area contributed by atoms with Gasteiger partial charge in [0.2, 0.25) is 10.0 Å². The Bertz CT molecular complexity index is 1040. The van der Waals surface area contributed by atoms with Crippen LogP contribution < -0.4 is 4.90 Å². The van der Waals surface area contributed by atoms with Crippen molar-refractivity contribution < 1.29 is 26.5 Å². The van der Waals surface area contributed by atoms with Crippen LogP contribution in [0, 0.1) is 17.0 Å². The third kappa shape index (κ3) is 4.57. The highest BCUT2D eigenvalue weighted by atomic mass is 32.2. The number of alkyl halides is 3. The molecule has 2 aromatic carbocycles. The summed E-state index contributed by atoms with van der Waals surface area (Å²) in [5, 5.41) is 11.4. The molecule has 1 fully saturated rings. The Balaban J connectivity index is 1.85. The number of nitrogens with zero attached hydrogens (tertiary/aromatic N) is 3. The third-order valence-electron chi connectivity index (χ3n) is 4.95. The van der Waals surface area contributed by atoms with Gasteiger partial charge in [-0.15, -0.1) is 0 Å². The number of nitro groups is 1. The fraction of sp³-hybridized carbons (Fsp3) is 0.368. The SMILES string of the molecule is Cc1ccc(S(=O)(=O)N2CCCN(c3ccc(C(F)(F)F)cc3[N+](=O)[O-])CC2)cc1. The Morgan fingerprint density at radius 2 is 1.67 bits per heavy atom. The number of rotatable bonds is 4. The highest BCUT2D eigenvalue weighted by Gasteiger charge is 2.34. The van der Waals surface area contributed by atoms with Crippen molar-refractivity contribution >= 4 is 21.4 Å². The third-order valence-corrected chi connectivity index (χ3v) is 6.87.